The predicted molar refractivity (Wildman–Crippen MR) is 103 cm³/mol. The van der Waals surface area contributed by atoms with Gasteiger partial charge in [0.25, 0.3) is 5.91 Å². The van der Waals surface area contributed by atoms with Gasteiger partial charge in [0.15, 0.2) is 12.4 Å². The summed E-state index contributed by atoms with van der Waals surface area (Å²) in [5.41, 5.74) is 1.09. The number of ether oxygens (including phenoxy) is 2. The highest BCUT2D eigenvalue weighted by atomic mass is 19.1. The number of anilines is 1. The van der Waals surface area contributed by atoms with E-state index in [1.165, 1.54) is 19.1 Å². The van der Waals surface area contributed by atoms with Crippen molar-refractivity contribution in [3.05, 3.63) is 84.2 Å². The standard InChI is InChI=1S/C22H18FNO4/c1-15(25)16-4-2-6-20(12-16)27-14-22(26)24-18-8-10-19(11-9-18)28-21-7-3-5-17(23)13-21/h2-13H,14H2,1H3,(H,24,26). The van der Waals surface area contributed by atoms with Crippen LogP contribution in [0, 0.1) is 5.82 Å². The summed E-state index contributed by atoms with van der Waals surface area (Å²) in [4.78, 5) is 23.4. The van der Waals surface area contributed by atoms with Gasteiger partial charge in [-0.1, -0.05) is 18.2 Å². The second kappa shape index (κ2) is 8.81. The molecule has 0 aliphatic rings. The number of carbonyl (C=O) groups is 2. The summed E-state index contributed by atoms with van der Waals surface area (Å²) in [6.07, 6.45) is 0. The lowest BCUT2D eigenvalue weighted by molar-refractivity contribution is -0.118. The number of benzene rings is 3. The molecule has 0 spiro atoms. The van der Waals surface area contributed by atoms with Gasteiger partial charge in [-0.15, -0.1) is 0 Å². The van der Waals surface area contributed by atoms with Gasteiger partial charge in [0.2, 0.25) is 0 Å². The number of rotatable bonds is 7. The molecule has 0 bridgehead atoms. The number of nitrogens with one attached hydrogen (secondary N) is 1. The molecule has 5 nitrogen and oxygen atoms in total. The zero-order valence-electron chi connectivity index (χ0n) is 15.1. The van der Waals surface area contributed by atoms with Crippen molar-refractivity contribution >= 4 is 17.4 Å². The Bertz CT molecular complexity index is 986. The monoisotopic (exact) mass is 379 g/mol. The molecular weight excluding hydrogens is 361 g/mol. The van der Waals surface area contributed by atoms with Crippen molar-refractivity contribution in [3.8, 4) is 17.2 Å². The minimum Gasteiger partial charge on any atom is -0.484 e. The summed E-state index contributed by atoms with van der Waals surface area (Å²) in [7, 11) is 0. The smallest absolute Gasteiger partial charge is 0.262 e. The molecular formula is C22H18FNO4. The molecule has 0 atom stereocenters. The SMILES string of the molecule is CC(=O)c1cccc(OCC(=O)Nc2ccc(Oc3cccc(F)c3)cc2)c1. The van der Waals surface area contributed by atoms with Crippen LogP contribution < -0.4 is 14.8 Å². The molecule has 0 radical (unpaired) electrons. The molecule has 0 unspecified atom stereocenters. The van der Waals surface area contributed by atoms with Crippen molar-refractivity contribution in [2.45, 2.75) is 6.92 Å². The first kappa shape index (κ1) is 19.1. The number of halogens is 1. The lowest BCUT2D eigenvalue weighted by atomic mass is 10.1. The quantitative estimate of drug-likeness (QED) is 0.597. The highest BCUT2D eigenvalue weighted by Gasteiger charge is 2.06. The minimum absolute atomic E-state index is 0.0737. The van der Waals surface area contributed by atoms with E-state index in [-0.39, 0.29) is 24.1 Å². The van der Waals surface area contributed by atoms with E-state index in [9.17, 15) is 14.0 Å². The van der Waals surface area contributed by atoms with E-state index in [4.69, 9.17) is 9.47 Å². The van der Waals surface area contributed by atoms with Crippen LogP contribution in [0.2, 0.25) is 0 Å². The third-order valence-corrected chi connectivity index (χ3v) is 3.78. The van der Waals surface area contributed by atoms with Gasteiger partial charge >= 0.3 is 0 Å². The van der Waals surface area contributed by atoms with Crippen LogP contribution in [0.4, 0.5) is 10.1 Å². The predicted octanol–water partition coefficient (Wildman–Crippen LogP) is 4.84. The highest BCUT2D eigenvalue weighted by Crippen LogP contribution is 2.23. The molecule has 1 amide bonds. The van der Waals surface area contributed by atoms with Crippen molar-refractivity contribution < 1.29 is 23.5 Å². The molecule has 0 saturated heterocycles. The van der Waals surface area contributed by atoms with E-state index < -0.39 is 0 Å². The van der Waals surface area contributed by atoms with Gasteiger partial charge in [0, 0.05) is 17.3 Å². The van der Waals surface area contributed by atoms with E-state index in [0.29, 0.717) is 28.5 Å². The first-order valence-corrected chi connectivity index (χ1v) is 8.57. The number of hydrogen-bond acceptors (Lipinski definition) is 4. The van der Waals surface area contributed by atoms with Crippen LogP contribution in [-0.4, -0.2) is 18.3 Å². The molecule has 0 aromatic heterocycles. The lowest BCUT2D eigenvalue weighted by Crippen LogP contribution is -2.20. The second-order valence-corrected chi connectivity index (χ2v) is 6.00. The third-order valence-electron chi connectivity index (χ3n) is 3.78. The van der Waals surface area contributed by atoms with Crippen LogP contribution in [0.5, 0.6) is 17.2 Å². The number of ketones is 1. The Morgan fingerprint density at radius 2 is 1.61 bits per heavy atom. The summed E-state index contributed by atoms with van der Waals surface area (Å²) in [5.74, 6) is 0.554. The van der Waals surface area contributed by atoms with Gasteiger partial charge in [0.1, 0.15) is 23.1 Å². The molecule has 0 saturated carbocycles. The van der Waals surface area contributed by atoms with Gasteiger partial charge in [-0.3, -0.25) is 9.59 Å². The molecule has 6 heteroatoms. The second-order valence-electron chi connectivity index (χ2n) is 6.00. The third kappa shape index (κ3) is 5.41. The number of hydrogen-bond donors (Lipinski definition) is 1. The van der Waals surface area contributed by atoms with Crippen LogP contribution in [-0.2, 0) is 4.79 Å². The van der Waals surface area contributed by atoms with E-state index in [1.807, 2.05) is 0 Å². The molecule has 28 heavy (non-hydrogen) atoms. The summed E-state index contributed by atoms with van der Waals surface area (Å²) in [5, 5.41) is 2.70. The van der Waals surface area contributed by atoms with E-state index in [1.54, 1.807) is 60.7 Å². The Kier molecular flexibility index (Phi) is 6.01. The molecule has 0 heterocycles. The summed E-state index contributed by atoms with van der Waals surface area (Å²) in [6, 6.07) is 19.2. The first-order chi connectivity index (χ1) is 13.5. The van der Waals surface area contributed by atoms with Crippen molar-refractivity contribution in [1.82, 2.24) is 0 Å². The van der Waals surface area contributed by atoms with Gasteiger partial charge in [-0.25, -0.2) is 4.39 Å². The summed E-state index contributed by atoms with van der Waals surface area (Å²) >= 11 is 0. The van der Waals surface area contributed by atoms with Gasteiger partial charge in [-0.05, 0) is 55.5 Å². The zero-order chi connectivity index (χ0) is 19.9. The molecule has 0 aliphatic carbocycles. The van der Waals surface area contributed by atoms with Crippen LogP contribution in [0.25, 0.3) is 0 Å². The molecule has 0 aliphatic heterocycles. The summed E-state index contributed by atoms with van der Waals surface area (Å²) < 4.78 is 24.1. The van der Waals surface area contributed by atoms with Crippen LogP contribution >= 0.6 is 0 Å². The van der Waals surface area contributed by atoms with E-state index in [0.717, 1.165) is 0 Å². The topological polar surface area (TPSA) is 64.6 Å². The maximum absolute atomic E-state index is 13.2. The Hall–Kier alpha value is -3.67. The van der Waals surface area contributed by atoms with Crippen molar-refractivity contribution in [1.29, 1.82) is 0 Å². The Morgan fingerprint density at radius 3 is 2.32 bits per heavy atom. The Morgan fingerprint density at radius 1 is 0.893 bits per heavy atom. The first-order valence-electron chi connectivity index (χ1n) is 8.57. The van der Waals surface area contributed by atoms with Gasteiger partial charge in [-0.2, -0.15) is 0 Å². The Balaban J connectivity index is 1.53. The van der Waals surface area contributed by atoms with E-state index >= 15 is 0 Å². The van der Waals surface area contributed by atoms with Gasteiger partial charge < -0.3 is 14.8 Å². The van der Waals surface area contributed by atoms with Crippen molar-refractivity contribution in [2.24, 2.45) is 0 Å². The average Bonchev–Trinajstić information content (AvgIpc) is 2.68. The average molecular weight is 379 g/mol. The highest BCUT2D eigenvalue weighted by molar-refractivity contribution is 5.94. The van der Waals surface area contributed by atoms with Crippen molar-refractivity contribution in [3.63, 3.8) is 0 Å². The fourth-order valence-corrected chi connectivity index (χ4v) is 2.42. The zero-order valence-corrected chi connectivity index (χ0v) is 15.1. The number of Topliss-reactive ketones (excluding diaryl/α,β-unsaturated/α-hetero) is 1. The molecule has 142 valence electrons. The van der Waals surface area contributed by atoms with Gasteiger partial charge in [0.05, 0.1) is 0 Å². The van der Waals surface area contributed by atoms with Crippen LogP contribution in [0.1, 0.15) is 17.3 Å². The largest absolute Gasteiger partial charge is 0.484 e. The molecule has 0 fully saturated rings. The fraction of sp³-hybridized carbons (Fsp3) is 0.0909. The fourth-order valence-electron chi connectivity index (χ4n) is 2.42. The number of carbonyl (C=O) groups excluding carboxylic acids is 2. The summed E-state index contributed by atoms with van der Waals surface area (Å²) in [6.45, 7) is 1.27. The molecule has 3 aromatic carbocycles. The Labute approximate surface area is 161 Å². The normalized spacial score (nSPS) is 10.2. The van der Waals surface area contributed by atoms with Crippen LogP contribution in [0.15, 0.2) is 72.8 Å². The molecule has 3 aromatic rings. The lowest BCUT2D eigenvalue weighted by Gasteiger charge is -2.09. The minimum atomic E-state index is -0.379. The molecule has 3 rings (SSSR count). The van der Waals surface area contributed by atoms with Crippen molar-refractivity contribution in [2.75, 3.05) is 11.9 Å². The maximum Gasteiger partial charge on any atom is 0.262 e. The number of amides is 1. The van der Waals surface area contributed by atoms with E-state index in [2.05, 4.69) is 5.32 Å². The maximum atomic E-state index is 13.2. The molecule has 1 N–H and O–H groups in total. The van der Waals surface area contributed by atoms with Crippen LogP contribution in [0.3, 0.4) is 0 Å².